The maximum atomic E-state index is 13.5. The van der Waals surface area contributed by atoms with Crippen LogP contribution in [0.2, 0.25) is 0 Å². The number of nitrogens with one attached hydrogen (secondary N) is 1. The number of benzene rings is 2. The monoisotopic (exact) mass is 494 g/mol. The molecule has 8 nitrogen and oxygen atoms in total. The van der Waals surface area contributed by atoms with E-state index in [1.54, 1.807) is 41.4 Å². The lowest BCUT2D eigenvalue weighted by atomic mass is 10.0. The summed E-state index contributed by atoms with van der Waals surface area (Å²) < 4.78 is 42.0. The molecule has 0 aliphatic heterocycles. The third-order valence-corrected chi connectivity index (χ3v) is 6.01. The zero-order valence-corrected chi connectivity index (χ0v) is 19.4. The first-order valence-corrected chi connectivity index (χ1v) is 11.1. The SMILES string of the molecule is Cc1cc(-c2cnn3ccncc23)ccc1-n1c(=O)n(CC(=O)NCC(F)(F)F)c2cccc(C)c21. The van der Waals surface area contributed by atoms with Gasteiger partial charge in [0.05, 0.1) is 34.6 Å². The van der Waals surface area contributed by atoms with Crippen molar-refractivity contribution in [1.29, 1.82) is 0 Å². The molecule has 5 aromatic rings. The van der Waals surface area contributed by atoms with Crippen molar-refractivity contribution in [3.8, 4) is 16.8 Å². The maximum absolute atomic E-state index is 13.5. The molecule has 2 aromatic carbocycles. The number of carbonyl (C=O) groups is 1. The molecule has 0 fully saturated rings. The quantitative estimate of drug-likeness (QED) is 0.403. The number of amides is 1. The van der Waals surface area contributed by atoms with E-state index in [0.29, 0.717) is 16.7 Å². The number of para-hydroxylation sites is 1. The van der Waals surface area contributed by atoms with Crippen molar-refractivity contribution >= 4 is 22.5 Å². The molecule has 0 saturated heterocycles. The van der Waals surface area contributed by atoms with Crippen LogP contribution in [0.15, 0.2) is 66.0 Å². The molecule has 0 aliphatic carbocycles. The van der Waals surface area contributed by atoms with E-state index >= 15 is 0 Å². The predicted octanol–water partition coefficient (Wildman–Crippen LogP) is 3.80. The Morgan fingerprint density at radius 1 is 1.06 bits per heavy atom. The van der Waals surface area contributed by atoms with Gasteiger partial charge >= 0.3 is 11.9 Å². The van der Waals surface area contributed by atoms with E-state index < -0.39 is 30.9 Å². The molecule has 1 N–H and O–H groups in total. The lowest BCUT2D eigenvalue weighted by molar-refractivity contribution is -0.138. The van der Waals surface area contributed by atoms with Gasteiger partial charge in [-0.25, -0.2) is 9.31 Å². The van der Waals surface area contributed by atoms with E-state index in [9.17, 15) is 22.8 Å². The molecular formula is C25H21F3N6O2. The number of imidazole rings is 1. The van der Waals surface area contributed by atoms with Gasteiger partial charge in [-0.05, 0) is 48.7 Å². The Kier molecular flexibility index (Phi) is 5.62. The highest BCUT2D eigenvalue weighted by atomic mass is 19.4. The van der Waals surface area contributed by atoms with Gasteiger partial charge in [-0.1, -0.05) is 18.2 Å². The van der Waals surface area contributed by atoms with Gasteiger partial charge in [0.15, 0.2) is 0 Å². The van der Waals surface area contributed by atoms with E-state index in [1.807, 2.05) is 43.4 Å². The van der Waals surface area contributed by atoms with Crippen molar-refractivity contribution in [3.63, 3.8) is 0 Å². The molecule has 0 unspecified atom stereocenters. The van der Waals surface area contributed by atoms with Gasteiger partial charge in [0.1, 0.15) is 13.1 Å². The number of aromatic nitrogens is 5. The van der Waals surface area contributed by atoms with E-state index in [4.69, 9.17) is 0 Å². The van der Waals surface area contributed by atoms with Crippen molar-refractivity contribution in [2.45, 2.75) is 26.6 Å². The summed E-state index contributed by atoms with van der Waals surface area (Å²) in [6.07, 6.45) is 2.32. The first-order chi connectivity index (χ1) is 17.1. The van der Waals surface area contributed by atoms with Gasteiger partial charge in [-0.2, -0.15) is 18.3 Å². The number of hydrogen-bond donors (Lipinski definition) is 1. The third-order valence-electron chi connectivity index (χ3n) is 6.01. The van der Waals surface area contributed by atoms with Crippen LogP contribution in [-0.2, 0) is 11.3 Å². The van der Waals surface area contributed by atoms with Crippen LogP contribution in [0.25, 0.3) is 33.4 Å². The number of halogens is 3. The second-order valence-corrected chi connectivity index (χ2v) is 8.50. The van der Waals surface area contributed by atoms with Crippen LogP contribution in [0.3, 0.4) is 0 Å². The standard InChI is InChI=1S/C25H21F3N6O2/c1-15-4-3-5-20-23(15)34(24(36)32(20)13-22(35)30-14-25(26,27)28)19-7-6-17(10-16(19)2)18-11-31-33-9-8-29-12-21(18)33/h3-12H,13-14H2,1-2H3,(H,30,35). The van der Waals surface area contributed by atoms with Crippen LogP contribution in [0.4, 0.5) is 13.2 Å². The van der Waals surface area contributed by atoms with E-state index in [0.717, 1.165) is 27.8 Å². The molecule has 3 heterocycles. The zero-order valence-electron chi connectivity index (χ0n) is 19.4. The summed E-state index contributed by atoms with van der Waals surface area (Å²) in [6.45, 7) is 1.71. The summed E-state index contributed by atoms with van der Waals surface area (Å²) in [4.78, 5) is 29.9. The van der Waals surface area contributed by atoms with Crippen molar-refractivity contribution in [3.05, 3.63) is 82.8 Å². The molecule has 0 atom stereocenters. The molecular weight excluding hydrogens is 473 g/mol. The number of aryl methyl sites for hydroxylation is 2. The molecule has 0 radical (unpaired) electrons. The summed E-state index contributed by atoms with van der Waals surface area (Å²) in [5, 5.41) is 6.17. The molecule has 11 heteroatoms. The third kappa shape index (κ3) is 4.12. The average molecular weight is 494 g/mol. The maximum Gasteiger partial charge on any atom is 0.405 e. The Labute approximate surface area is 202 Å². The number of alkyl halides is 3. The summed E-state index contributed by atoms with van der Waals surface area (Å²) in [5.74, 6) is -0.899. The molecule has 0 aliphatic rings. The Bertz CT molecular complexity index is 1680. The highest BCUT2D eigenvalue weighted by Gasteiger charge is 2.28. The largest absolute Gasteiger partial charge is 0.405 e. The fraction of sp³-hybridized carbons (Fsp3) is 0.200. The normalized spacial score (nSPS) is 11.9. The van der Waals surface area contributed by atoms with Gasteiger partial charge in [0, 0.05) is 18.0 Å². The summed E-state index contributed by atoms with van der Waals surface area (Å²) >= 11 is 0. The topological polar surface area (TPSA) is 86.2 Å². The lowest BCUT2D eigenvalue weighted by Gasteiger charge is -2.11. The van der Waals surface area contributed by atoms with Gasteiger partial charge in [0.2, 0.25) is 5.91 Å². The minimum absolute atomic E-state index is 0.458. The van der Waals surface area contributed by atoms with Gasteiger partial charge < -0.3 is 5.32 Å². The number of hydrogen-bond acceptors (Lipinski definition) is 4. The van der Waals surface area contributed by atoms with Crippen molar-refractivity contribution in [1.82, 2.24) is 29.0 Å². The number of nitrogens with zero attached hydrogens (tertiary/aromatic N) is 5. The zero-order chi connectivity index (χ0) is 25.6. The van der Waals surface area contributed by atoms with Crippen LogP contribution < -0.4 is 11.0 Å². The highest BCUT2D eigenvalue weighted by Crippen LogP contribution is 2.29. The van der Waals surface area contributed by atoms with Gasteiger partial charge in [-0.3, -0.25) is 18.9 Å². The van der Waals surface area contributed by atoms with Crippen LogP contribution in [0.5, 0.6) is 0 Å². The molecule has 3 aromatic heterocycles. The second kappa shape index (κ2) is 8.67. The first-order valence-electron chi connectivity index (χ1n) is 11.1. The minimum Gasteiger partial charge on any atom is -0.345 e. The second-order valence-electron chi connectivity index (χ2n) is 8.50. The molecule has 0 saturated carbocycles. The summed E-state index contributed by atoms with van der Waals surface area (Å²) in [5.41, 5.74) is 5.31. The Morgan fingerprint density at radius 3 is 2.61 bits per heavy atom. The molecule has 0 spiro atoms. The van der Waals surface area contributed by atoms with Gasteiger partial charge in [0.25, 0.3) is 0 Å². The molecule has 5 rings (SSSR count). The molecule has 36 heavy (non-hydrogen) atoms. The Balaban J connectivity index is 1.59. The van der Waals surface area contributed by atoms with Crippen LogP contribution in [-0.4, -0.2) is 42.4 Å². The van der Waals surface area contributed by atoms with E-state index in [-0.39, 0.29) is 0 Å². The number of rotatable bonds is 5. The minimum atomic E-state index is -4.54. The average Bonchev–Trinajstić information content (AvgIpc) is 3.38. The van der Waals surface area contributed by atoms with E-state index in [2.05, 4.69) is 10.1 Å². The molecule has 0 bridgehead atoms. The number of fused-ring (bicyclic) bond motifs is 2. The van der Waals surface area contributed by atoms with Crippen LogP contribution >= 0.6 is 0 Å². The Hall–Kier alpha value is -4.41. The van der Waals surface area contributed by atoms with Crippen LogP contribution in [0, 0.1) is 13.8 Å². The fourth-order valence-electron chi connectivity index (χ4n) is 4.38. The van der Waals surface area contributed by atoms with Crippen molar-refractivity contribution in [2.24, 2.45) is 0 Å². The van der Waals surface area contributed by atoms with Crippen molar-refractivity contribution in [2.75, 3.05) is 6.54 Å². The smallest absolute Gasteiger partial charge is 0.345 e. The summed E-state index contributed by atoms with van der Waals surface area (Å²) in [7, 11) is 0. The Morgan fingerprint density at radius 2 is 1.86 bits per heavy atom. The number of carbonyl (C=O) groups excluding carboxylic acids is 1. The molecule has 184 valence electrons. The lowest BCUT2D eigenvalue weighted by Crippen LogP contribution is -2.38. The summed E-state index contributed by atoms with van der Waals surface area (Å²) in [6, 6.07) is 10.9. The predicted molar refractivity (Wildman–Crippen MR) is 128 cm³/mol. The van der Waals surface area contributed by atoms with Crippen LogP contribution in [0.1, 0.15) is 11.1 Å². The van der Waals surface area contributed by atoms with Crippen molar-refractivity contribution < 1.29 is 18.0 Å². The van der Waals surface area contributed by atoms with Gasteiger partial charge in [-0.15, -0.1) is 0 Å². The first kappa shape index (κ1) is 23.3. The fourth-order valence-corrected chi connectivity index (χ4v) is 4.38. The van der Waals surface area contributed by atoms with E-state index in [1.165, 1.54) is 9.13 Å². The molecule has 1 amide bonds. The highest BCUT2D eigenvalue weighted by molar-refractivity contribution is 5.85.